The molecule has 0 aliphatic heterocycles. The minimum absolute atomic E-state index is 0.146. The van der Waals surface area contributed by atoms with Gasteiger partial charge in [0.25, 0.3) is 0 Å². The van der Waals surface area contributed by atoms with Crippen LogP contribution in [0.1, 0.15) is 39.5 Å². The zero-order valence-electron chi connectivity index (χ0n) is 9.99. The van der Waals surface area contributed by atoms with Crippen LogP contribution in [0, 0.1) is 22.7 Å². The molecular formula is C12H20N2O2. The highest BCUT2D eigenvalue weighted by Gasteiger charge is 2.29. The second-order valence-electron chi connectivity index (χ2n) is 5.06. The summed E-state index contributed by atoms with van der Waals surface area (Å²) in [5.41, 5.74) is -0.986. The van der Waals surface area contributed by atoms with Crippen LogP contribution in [0.3, 0.4) is 0 Å². The lowest BCUT2D eigenvalue weighted by Crippen LogP contribution is -2.41. The Morgan fingerprint density at radius 3 is 2.69 bits per heavy atom. The first-order chi connectivity index (χ1) is 7.47. The number of carbonyl (C=O) groups is 1. The summed E-state index contributed by atoms with van der Waals surface area (Å²) in [4.78, 5) is 11.6. The molecule has 0 spiro atoms. The molecule has 0 aromatic heterocycles. The smallest absolute Gasteiger partial charge is 0.239 e. The number of rotatable bonds is 3. The number of amides is 1. The number of aliphatic hydroxyl groups excluding tert-OH is 1. The Labute approximate surface area is 96.6 Å². The highest BCUT2D eigenvalue weighted by Crippen LogP contribution is 2.24. The summed E-state index contributed by atoms with van der Waals surface area (Å²) in [6.07, 6.45) is 3.64. The summed E-state index contributed by atoms with van der Waals surface area (Å²) in [6, 6.07) is 1.97. The molecule has 4 nitrogen and oxygen atoms in total. The van der Waals surface area contributed by atoms with Gasteiger partial charge in [-0.25, -0.2) is 0 Å². The second kappa shape index (κ2) is 5.31. The van der Waals surface area contributed by atoms with Crippen LogP contribution in [-0.2, 0) is 4.79 Å². The fourth-order valence-electron chi connectivity index (χ4n) is 1.92. The lowest BCUT2D eigenvalue weighted by Gasteiger charge is -2.28. The SMILES string of the molecule is CC(C)(C#N)C(=O)NCC1CCCCC1O. The molecule has 4 heteroatoms. The predicted molar refractivity (Wildman–Crippen MR) is 60.4 cm³/mol. The Kier molecular flexibility index (Phi) is 4.31. The number of nitrogens with one attached hydrogen (secondary N) is 1. The van der Waals surface area contributed by atoms with Gasteiger partial charge in [-0.15, -0.1) is 0 Å². The average molecular weight is 224 g/mol. The van der Waals surface area contributed by atoms with Gasteiger partial charge in [-0.1, -0.05) is 12.8 Å². The first kappa shape index (κ1) is 13.0. The van der Waals surface area contributed by atoms with Crippen LogP contribution in [0.2, 0.25) is 0 Å². The molecule has 1 aliphatic rings. The maximum Gasteiger partial charge on any atom is 0.239 e. The minimum atomic E-state index is -0.986. The first-order valence-corrected chi connectivity index (χ1v) is 5.85. The first-order valence-electron chi connectivity index (χ1n) is 5.85. The standard InChI is InChI=1S/C12H20N2O2/c1-12(2,8-13)11(16)14-7-9-5-3-4-6-10(9)15/h9-10,15H,3-7H2,1-2H3,(H,14,16). The van der Waals surface area contributed by atoms with Crippen molar-refractivity contribution in [3.05, 3.63) is 0 Å². The maximum atomic E-state index is 11.6. The van der Waals surface area contributed by atoms with E-state index in [-0.39, 0.29) is 17.9 Å². The van der Waals surface area contributed by atoms with E-state index in [0.717, 1.165) is 25.7 Å². The van der Waals surface area contributed by atoms with Crippen molar-refractivity contribution in [3.8, 4) is 6.07 Å². The highest BCUT2D eigenvalue weighted by atomic mass is 16.3. The number of hydrogen-bond donors (Lipinski definition) is 2. The van der Waals surface area contributed by atoms with Crippen molar-refractivity contribution >= 4 is 5.91 Å². The quantitative estimate of drug-likeness (QED) is 0.756. The fourth-order valence-corrected chi connectivity index (χ4v) is 1.92. The van der Waals surface area contributed by atoms with Gasteiger partial charge in [0.15, 0.2) is 0 Å². The van der Waals surface area contributed by atoms with E-state index in [2.05, 4.69) is 5.32 Å². The molecule has 1 amide bonds. The van der Waals surface area contributed by atoms with Gasteiger partial charge in [-0.2, -0.15) is 5.26 Å². The topological polar surface area (TPSA) is 73.1 Å². The van der Waals surface area contributed by atoms with Crippen LogP contribution in [0.25, 0.3) is 0 Å². The van der Waals surface area contributed by atoms with Crippen molar-refractivity contribution in [2.45, 2.75) is 45.6 Å². The summed E-state index contributed by atoms with van der Waals surface area (Å²) in [5.74, 6) is -0.111. The predicted octanol–water partition coefficient (Wildman–Crippen LogP) is 1.20. The monoisotopic (exact) mass is 224 g/mol. The Morgan fingerprint density at radius 1 is 1.50 bits per heavy atom. The van der Waals surface area contributed by atoms with Crippen LogP contribution in [-0.4, -0.2) is 23.7 Å². The molecule has 0 bridgehead atoms. The Bertz CT molecular complexity index is 294. The minimum Gasteiger partial charge on any atom is -0.393 e. The Morgan fingerprint density at radius 2 is 2.12 bits per heavy atom. The summed E-state index contributed by atoms with van der Waals surface area (Å²) < 4.78 is 0. The van der Waals surface area contributed by atoms with Gasteiger partial charge >= 0.3 is 0 Å². The average Bonchev–Trinajstić information content (AvgIpc) is 2.27. The van der Waals surface area contributed by atoms with Crippen LogP contribution in [0.4, 0.5) is 0 Å². The molecule has 1 fully saturated rings. The number of carbonyl (C=O) groups excluding carboxylic acids is 1. The van der Waals surface area contributed by atoms with E-state index < -0.39 is 5.41 Å². The summed E-state index contributed by atoms with van der Waals surface area (Å²) in [5, 5.41) is 21.3. The van der Waals surface area contributed by atoms with Gasteiger partial charge in [0.05, 0.1) is 12.2 Å². The summed E-state index contributed by atoms with van der Waals surface area (Å²) in [7, 11) is 0. The van der Waals surface area contributed by atoms with Crippen molar-refractivity contribution in [2.75, 3.05) is 6.54 Å². The van der Waals surface area contributed by atoms with Gasteiger partial charge in [0, 0.05) is 12.5 Å². The fraction of sp³-hybridized carbons (Fsp3) is 0.833. The zero-order chi connectivity index (χ0) is 12.2. The molecule has 2 unspecified atom stereocenters. The largest absolute Gasteiger partial charge is 0.393 e. The van der Waals surface area contributed by atoms with Crippen LogP contribution in [0.15, 0.2) is 0 Å². The Hall–Kier alpha value is -1.08. The van der Waals surface area contributed by atoms with Crippen molar-refractivity contribution in [3.63, 3.8) is 0 Å². The zero-order valence-corrected chi connectivity index (χ0v) is 9.99. The third kappa shape index (κ3) is 3.21. The van der Waals surface area contributed by atoms with Crippen molar-refractivity contribution < 1.29 is 9.90 Å². The lowest BCUT2D eigenvalue weighted by molar-refractivity contribution is -0.127. The number of aliphatic hydroxyl groups is 1. The van der Waals surface area contributed by atoms with E-state index in [9.17, 15) is 9.90 Å². The van der Waals surface area contributed by atoms with E-state index >= 15 is 0 Å². The number of nitriles is 1. The van der Waals surface area contributed by atoms with Crippen LogP contribution >= 0.6 is 0 Å². The molecule has 0 aromatic carbocycles. The molecule has 1 aliphatic carbocycles. The molecule has 1 rings (SSSR count). The van der Waals surface area contributed by atoms with Gasteiger partial charge in [-0.05, 0) is 26.7 Å². The third-order valence-corrected chi connectivity index (χ3v) is 3.24. The normalized spacial score (nSPS) is 25.9. The summed E-state index contributed by atoms with van der Waals surface area (Å²) >= 11 is 0. The van der Waals surface area contributed by atoms with Gasteiger partial charge < -0.3 is 10.4 Å². The van der Waals surface area contributed by atoms with E-state index in [0.29, 0.717) is 6.54 Å². The van der Waals surface area contributed by atoms with Gasteiger partial charge in [-0.3, -0.25) is 4.79 Å². The molecule has 0 aromatic rings. The van der Waals surface area contributed by atoms with Crippen molar-refractivity contribution in [1.82, 2.24) is 5.32 Å². The molecule has 16 heavy (non-hydrogen) atoms. The number of hydrogen-bond acceptors (Lipinski definition) is 3. The van der Waals surface area contributed by atoms with Crippen LogP contribution in [0.5, 0.6) is 0 Å². The van der Waals surface area contributed by atoms with Crippen LogP contribution < -0.4 is 5.32 Å². The van der Waals surface area contributed by atoms with E-state index in [4.69, 9.17) is 5.26 Å². The van der Waals surface area contributed by atoms with E-state index in [1.807, 2.05) is 6.07 Å². The molecule has 2 atom stereocenters. The molecule has 0 saturated heterocycles. The highest BCUT2D eigenvalue weighted by molar-refractivity contribution is 5.84. The molecule has 0 heterocycles. The molecular weight excluding hydrogens is 204 g/mol. The van der Waals surface area contributed by atoms with E-state index in [1.54, 1.807) is 13.8 Å². The van der Waals surface area contributed by atoms with Gasteiger partial charge in [0.1, 0.15) is 5.41 Å². The second-order valence-corrected chi connectivity index (χ2v) is 5.06. The van der Waals surface area contributed by atoms with Crippen molar-refractivity contribution in [1.29, 1.82) is 5.26 Å². The maximum absolute atomic E-state index is 11.6. The van der Waals surface area contributed by atoms with Gasteiger partial charge in [0.2, 0.25) is 5.91 Å². The Balaban J connectivity index is 2.40. The molecule has 2 N–H and O–H groups in total. The molecule has 1 saturated carbocycles. The molecule has 90 valence electrons. The van der Waals surface area contributed by atoms with E-state index in [1.165, 1.54) is 0 Å². The third-order valence-electron chi connectivity index (χ3n) is 3.24. The summed E-state index contributed by atoms with van der Waals surface area (Å²) in [6.45, 7) is 3.67. The number of nitrogens with zero attached hydrogens (tertiary/aromatic N) is 1. The van der Waals surface area contributed by atoms with Crippen molar-refractivity contribution in [2.24, 2.45) is 11.3 Å². The lowest BCUT2D eigenvalue weighted by atomic mass is 9.86. The molecule has 0 radical (unpaired) electrons.